The number of esters is 2. The van der Waals surface area contributed by atoms with Crippen molar-refractivity contribution in [3.05, 3.63) is 82.8 Å². The molecule has 0 aromatic carbocycles. The van der Waals surface area contributed by atoms with Crippen LogP contribution < -0.4 is 10.2 Å². The third kappa shape index (κ3) is 9.11. The van der Waals surface area contributed by atoms with Crippen LogP contribution in [-0.2, 0) is 14.2 Å². The van der Waals surface area contributed by atoms with E-state index >= 15 is 0 Å². The van der Waals surface area contributed by atoms with E-state index in [2.05, 4.69) is 63.4 Å². The number of nitrogens with zero attached hydrogens (tertiary/aromatic N) is 11. The molecule has 8 rings (SSSR count). The van der Waals surface area contributed by atoms with E-state index in [1.165, 1.54) is 25.8 Å². The zero-order valence-electron chi connectivity index (χ0n) is 32.5. The Morgan fingerprint density at radius 1 is 0.793 bits per heavy atom. The van der Waals surface area contributed by atoms with Gasteiger partial charge in [-0.1, -0.05) is 19.6 Å². The van der Waals surface area contributed by atoms with Gasteiger partial charge in [-0.05, 0) is 43.0 Å². The molecule has 0 saturated carbocycles. The third-order valence-corrected chi connectivity index (χ3v) is 13.1. The van der Waals surface area contributed by atoms with Gasteiger partial charge in [-0.2, -0.15) is 8.75 Å². The maximum absolute atomic E-state index is 12.0. The summed E-state index contributed by atoms with van der Waals surface area (Å²) in [5.41, 5.74) is 5.28. The summed E-state index contributed by atoms with van der Waals surface area (Å²) in [5, 5.41) is 10.2. The Morgan fingerprint density at radius 2 is 1.38 bits per heavy atom. The number of methoxy groups -OCH3 is 2. The van der Waals surface area contributed by atoms with Gasteiger partial charge in [0.25, 0.3) is 0 Å². The van der Waals surface area contributed by atoms with Crippen molar-refractivity contribution < 1.29 is 23.8 Å². The zero-order valence-corrected chi connectivity index (χ0v) is 36.8. The molecule has 0 bridgehead atoms. The number of imidazole rings is 2. The van der Waals surface area contributed by atoms with Crippen molar-refractivity contribution in [1.82, 2.24) is 47.5 Å². The summed E-state index contributed by atoms with van der Waals surface area (Å²) in [6.45, 7) is 11.7. The molecule has 1 N–H and O–H groups in total. The van der Waals surface area contributed by atoms with Crippen LogP contribution in [-0.4, -0.2) is 95.0 Å². The van der Waals surface area contributed by atoms with Crippen molar-refractivity contribution >= 4 is 98.7 Å². The molecule has 8 heterocycles. The molecule has 0 aliphatic carbocycles. The summed E-state index contributed by atoms with van der Waals surface area (Å²) in [4.78, 5) is 52.7. The van der Waals surface area contributed by atoms with Gasteiger partial charge in [0.2, 0.25) is 0 Å². The molecule has 0 aliphatic heterocycles. The number of ether oxygens (including phenoxy) is 3. The van der Waals surface area contributed by atoms with Crippen LogP contribution in [0.25, 0.3) is 32.7 Å². The van der Waals surface area contributed by atoms with E-state index in [9.17, 15) is 9.59 Å². The molecule has 0 fully saturated rings. The molecule has 8 aromatic heterocycles. The number of carbonyl (C=O) groups excluding carboxylic acids is 2. The number of aryl methyl sites for hydroxylation is 2. The lowest BCUT2D eigenvalue weighted by Crippen LogP contribution is -2.26. The lowest BCUT2D eigenvalue weighted by Gasteiger charge is -2.23. The van der Waals surface area contributed by atoms with Gasteiger partial charge in [0.05, 0.1) is 38.0 Å². The zero-order chi connectivity index (χ0) is 41.0. The number of fused-ring (bicyclic) bond motifs is 2. The van der Waals surface area contributed by atoms with Crippen LogP contribution in [0.1, 0.15) is 32.4 Å². The van der Waals surface area contributed by atoms with Crippen molar-refractivity contribution in [2.45, 2.75) is 39.5 Å². The largest absolute Gasteiger partial charge is 0.464 e. The SMILES string of the molecule is COC(=O)c1cc(N(COCC[Si](C)(C)C)c2nc(C)cn3c(-c4nccs4)cnc23)sn1.COC(=O)c1cc(Nc2nc(C)cn3c(-c4nccs4)cnc23)sn1. The fraction of sp³-hybridized carbons (Fsp3) is 0.278. The Morgan fingerprint density at radius 3 is 1.98 bits per heavy atom. The van der Waals surface area contributed by atoms with Gasteiger partial charge in [0.1, 0.15) is 38.1 Å². The fourth-order valence-electron chi connectivity index (χ4n) is 5.49. The lowest BCUT2D eigenvalue weighted by molar-refractivity contribution is 0.0587. The second-order valence-corrected chi connectivity index (χ2v) is 22.8. The van der Waals surface area contributed by atoms with E-state index in [-0.39, 0.29) is 18.1 Å². The molecule has 300 valence electrons. The molecule has 0 saturated heterocycles. The van der Waals surface area contributed by atoms with E-state index in [0.717, 1.165) is 55.4 Å². The Kier molecular flexibility index (Phi) is 12.3. The first-order valence-corrected chi connectivity index (χ1v) is 24.6. The van der Waals surface area contributed by atoms with E-state index in [1.807, 2.05) is 50.7 Å². The number of thiazole rings is 2. The van der Waals surface area contributed by atoms with E-state index < -0.39 is 20.0 Å². The van der Waals surface area contributed by atoms with Crippen molar-refractivity contribution in [2.24, 2.45) is 0 Å². The number of aromatic nitrogens is 10. The standard InChI is InChI=1S/C21H26N6O3S2Si.C15H12N6O2S2/c1-14-12-26-16(20-22-6-8-31-20)11-23-18(26)19(24-14)27(13-30-7-9-33(3,4)5)17-10-15(25-32-17)21(28)29-2;1-8-7-21-10(14-16-3-4-24-14)6-17-13(21)12(18-8)19-11-5-9(20-25-11)15(22)23-2/h6,8,10-12H,7,9,13H2,1-5H3;3-7H,1-2H3,(H,18,19). The highest BCUT2D eigenvalue weighted by atomic mass is 32.1. The first-order chi connectivity index (χ1) is 27.9. The van der Waals surface area contributed by atoms with Crippen LogP contribution in [0, 0.1) is 13.8 Å². The highest BCUT2D eigenvalue weighted by Crippen LogP contribution is 2.34. The van der Waals surface area contributed by atoms with Gasteiger partial charge in [0, 0.05) is 62.4 Å². The summed E-state index contributed by atoms with van der Waals surface area (Å²) in [7, 11) is 1.43. The van der Waals surface area contributed by atoms with E-state index in [4.69, 9.17) is 14.5 Å². The molecular weight excluding hydrogens is 837 g/mol. The average molecular weight is 875 g/mol. The monoisotopic (exact) mass is 874 g/mol. The Hall–Kier alpha value is -5.52. The number of nitrogens with one attached hydrogen (secondary N) is 1. The van der Waals surface area contributed by atoms with Gasteiger partial charge in [-0.3, -0.25) is 13.7 Å². The smallest absolute Gasteiger partial charge is 0.357 e. The summed E-state index contributed by atoms with van der Waals surface area (Å²) < 4.78 is 27.9. The van der Waals surface area contributed by atoms with Crippen molar-refractivity contribution in [3.8, 4) is 21.4 Å². The Bertz CT molecular complexity index is 2670. The maximum Gasteiger partial charge on any atom is 0.357 e. The number of hydrogen-bond donors (Lipinski definition) is 1. The number of rotatable bonds is 13. The molecule has 0 unspecified atom stereocenters. The van der Waals surface area contributed by atoms with Crippen LogP contribution in [0.5, 0.6) is 0 Å². The fourth-order valence-corrected chi connectivity index (χ4v) is 8.88. The van der Waals surface area contributed by atoms with Gasteiger partial charge < -0.3 is 19.5 Å². The quantitative estimate of drug-likeness (QED) is 0.0507. The molecule has 0 radical (unpaired) electrons. The summed E-state index contributed by atoms with van der Waals surface area (Å²) in [6.07, 6.45) is 11.0. The van der Waals surface area contributed by atoms with Crippen LogP contribution in [0.2, 0.25) is 25.7 Å². The molecule has 8 aromatic rings. The molecule has 0 atom stereocenters. The van der Waals surface area contributed by atoms with Crippen molar-refractivity contribution in [2.75, 3.05) is 37.8 Å². The predicted molar refractivity (Wildman–Crippen MR) is 229 cm³/mol. The van der Waals surface area contributed by atoms with Gasteiger partial charge in [-0.25, -0.2) is 39.5 Å². The first kappa shape index (κ1) is 40.7. The van der Waals surface area contributed by atoms with Crippen LogP contribution >= 0.6 is 45.7 Å². The highest BCUT2D eigenvalue weighted by molar-refractivity contribution is 7.13. The molecule has 0 aliphatic rings. The molecular formula is C36H38N12O5S4Si. The highest BCUT2D eigenvalue weighted by Gasteiger charge is 2.24. The minimum atomic E-state index is -1.24. The maximum atomic E-state index is 12.0. The second-order valence-electron chi connectivity index (χ2n) is 13.8. The Labute approximate surface area is 349 Å². The average Bonchev–Trinajstić information content (AvgIpc) is 4.05. The third-order valence-electron chi connectivity index (χ3n) is 8.29. The lowest BCUT2D eigenvalue weighted by atomic mass is 10.4. The van der Waals surface area contributed by atoms with Gasteiger partial charge >= 0.3 is 11.9 Å². The van der Waals surface area contributed by atoms with E-state index in [0.29, 0.717) is 34.5 Å². The molecule has 0 amide bonds. The molecule has 0 spiro atoms. The molecule has 22 heteroatoms. The number of hydrogen-bond acceptors (Lipinski definition) is 19. The number of carbonyl (C=O) groups is 2. The minimum Gasteiger partial charge on any atom is -0.464 e. The van der Waals surface area contributed by atoms with Gasteiger partial charge in [-0.15, -0.1) is 22.7 Å². The van der Waals surface area contributed by atoms with Gasteiger partial charge in [0.15, 0.2) is 34.3 Å². The summed E-state index contributed by atoms with van der Waals surface area (Å²) >= 11 is 5.46. The van der Waals surface area contributed by atoms with Crippen LogP contribution in [0.4, 0.5) is 21.6 Å². The first-order valence-electron chi connectivity index (χ1n) is 17.6. The summed E-state index contributed by atoms with van der Waals surface area (Å²) in [5.74, 6) is 0.263. The topological polar surface area (TPSA) is 189 Å². The molecule has 17 nitrogen and oxygen atoms in total. The number of anilines is 4. The molecule has 58 heavy (non-hydrogen) atoms. The van der Waals surface area contributed by atoms with Crippen molar-refractivity contribution in [1.29, 1.82) is 0 Å². The Balaban J connectivity index is 0.000000183. The summed E-state index contributed by atoms with van der Waals surface area (Å²) in [6, 6.07) is 4.37. The van der Waals surface area contributed by atoms with Crippen LogP contribution in [0.15, 0.2) is 60.1 Å². The van der Waals surface area contributed by atoms with E-state index in [1.54, 1.807) is 59.6 Å². The van der Waals surface area contributed by atoms with Crippen LogP contribution in [0.3, 0.4) is 0 Å². The normalized spacial score (nSPS) is 11.4. The predicted octanol–water partition coefficient (Wildman–Crippen LogP) is 8.00. The second kappa shape index (κ2) is 17.5. The van der Waals surface area contributed by atoms with Crippen molar-refractivity contribution in [3.63, 3.8) is 0 Å². The minimum absolute atomic E-state index is 0.250.